The van der Waals surface area contributed by atoms with Crippen molar-refractivity contribution in [1.82, 2.24) is 14.3 Å². The average molecular weight is 286 g/mol. The second-order valence-electron chi connectivity index (χ2n) is 6.20. The van der Waals surface area contributed by atoms with E-state index in [1.54, 1.807) is 0 Å². The molecule has 112 valence electrons. The number of aromatic nitrogens is 2. The van der Waals surface area contributed by atoms with E-state index in [-0.39, 0.29) is 5.54 Å². The van der Waals surface area contributed by atoms with Crippen molar-refractivity contribution in [2.24, 2.45) is 0 Å². The van der Waals surface area contributed by atoms with Gasteiger partial charge in [-0.05, 0) is 45.5 Å². The molecule has 0 aliphatic heterocycles. The van der Waals surface area contributed by atoms with Gasteiger partial charge in [-0.2, -0.15) is 0 Å². The molecule has 0 radical (unpaired) electrons. The van der Waals surface area contributed by atoms with Crippen LogP contribution in [-0.2, 0) is 0 Å². The van der Waals surface area contributed by atoms with Crippen LogP contribution in [0.3, 0.4) is 0 Å². The van der Waals surface area contributed by atoms with Crippen LogP contribution < -0.4 is 4.90 Å². The minimum atomic E-state index is 0.213. The lowest BCUT2D eigenvalue weighted by molar-refractivity contribution is 0.0681. The van der Waals surface area contributed by atoms with Crippen LogP contribution >= 0.6 is 0 Å². The molecule has 0 bridgehead atoms. The molecule has 2 aromatic heterocycles. The minimum absolute atomic E-state index is 0.213. The predicted molar refractivity (Wildman–Crippen MR) is 84.1 cm³/mol. The first-order chi connectivity index (χ1) is 10.1. The van der Waals surface area contributed by atoms with Gasteiger partial charge in [0.05, 0.1) is 0 Å². The Bertz CT molecular complexity index is 657. The van der Waals surface area contributed by atoms with Gasteiger partial charge in [-0.25, -0.2) is 4.98 Å². The first-order valence-corrected chi connectivity index (χ1v) is 7.38. The molecular weight excluding hydrogens is 264 g/mol. The van der Waals surface area contributed by atoms with Crippen molar-refractivity contribution < 1.29 is 4.79 Å². The molecule has 5 nitrogen and oxygen atoms in total. The van der Waals surface area contributed by atoms with Crippen LogP contribution in [0.15, 0.2) is 24.4 Å². The lowest BCUT2D eigenvalue weighted by atomic mass is 9.75. The number of hydrogen-bond donors (Lipinski definition) is 0. The van der Waals surface area contributed by atoms with Crippen LogP contribution in [-0.4, -0.2) is 53.8 Å². The Morgan fingerprint density at radius 1 is 1.33 bits per heavy atom. The third-order valence-corrected chi connectivity index (χ3v) is 4.79. The van der Waals surface area contributed by atoms with Crippen LogP contribution in [0.4, 0.5) is 5.82 Å². The fourth-order valence-electron chi connectivity index (χ4n) is 3.24. The number of nitrogens with zero attached hydrogens (tertiary/aromatic N) is 4. The number of imidazole rings is 1. The number of anilines is 1. The smallest absolute Gasteiger partial charge is 0.170 e. The number of carbonyl (C=O) groups is 1. The highest BCUT2D eigenvalue weighted by Crippen LogP contribution is 2.37. The zero-order chi connectivity index (χ0) is 15.0. The molecule has 0 saturated heterocycles. The maximum absolute atomic E-state index is 11.5. The zero-order valence-electron chi connectivity index (χ0n) is 12.9. The topological polar surface area (TPSA) is 40.9 Å². The molecule has 0 aromatic carbocycles. The Morgan fingerprint density at radius 3 is 2.67 bits per heavy atom. The molecule has 1 fully saturated rings. The van der Waals surface area contributed by atoms with Crippen molar-refractivity contribution in [3.63, 3.8) is 0 Å². The van der Waals surface area contributed by atoms with E-state index in [0.717, 1.165) is 24.3 Å². The van der Waals surface area contributed by atoms with E-state index >= 15 is 0 Å². The summed E-state index contributed by atoms with van der Waals surface area (Å²) in [6.45, 7) is 0.894. The number of likely N-dealkylation sites (N-methyl/N-ethyl adjacent to an activating group) is 2. The van der Waals surface area contributed by atoms with Gasteiger partial charge >= 0.3 is 0 Å². The van der Waals surface area contributed by atoms with Crippen molar-refractivity contribution >= 4 is 17.8 Å². The van der Waals surface area contributed by atoms with Crippen LogP contribution in [0.1, 0.15) is 29.8 Å². The molecule has 0 spiro atoms. The highest BCUT2D eigenvalue weighted by Gasteiger charge is 2.40. The largest absolute Gasteiger partial charge is 0.356 e. The summed E-state index contributed by atoms with van der Waals surface area (Å²) in [5.41, 5.74) is 1.65. The quantitative estimate of drug-likeness (QED) is 0.789. The molecule has 0 N–H and O–H groups in total. The van der Waals surface area contributed by atoms with Crippen LogP contribution in [0.25, 0.3) is 5.65 Å². The Balaban J connectivity index is 1.94. The summed E-state index contributed by atoms with van der Waals surface area (Å²) in [5.74, 6) is 0.768. The van der Waals surface area contributed by atoms with Crippen molar-refractivity contribution in [2.45, 2.75) is 24.8 Å². The Hall–Kier alpha value is -1.88. The summed E-state index contributed by atoms with van der Waals surface area (Å²) in [5, 5.41) is 0. The van der Waals surface area contributed by atoms with Gasteiger partial charge in [-0.1, -0.05) is 6.07 Å². The number of carbonyl (C=O) groups excluding carboxylic acids is 1. The summed E-state index contributed by atoms with van der Waals surface area (Å²) in [6.07, 6.45) is 6.46. The summed E-state index contributed by atoms with van der Waals surface area (Å²) < 4.78 is 1.85. The van der Waals surface area contributed by atoms with Gasteiger partial charge in [0, 0.05) is 25.3 Å². The number of aldehydes is 1. The molecule has 0 atom stereocenters. The number of hydrogen-bond acceptors (Lipinski definition) is 4. The number of fused-ring (bicyclic) bond motifs is 1. The van der Waals surface area contributed by atoms with Gasteiger partial charge in [0.15, 0.2) is 12.1 Å². The first-order valence-electron chi connectivity index (χ1n) is 7.38. The predicted octanol–water partition coefficient (Wildman–Crippen LogP) is 2.07. The normalized spacial score (nSPS) is 17.0. The lowest BCUT2D eigenvalue weighted by Gasteiger charge is -2.49. The molecule has 0 unspecified atom stereocenters. The monoisotopic (exact) mass is 286 g/mol. The second-order valence-corrected chi connectivity index (χ2v) is 6.20. The third-order valence-electron chi connectivity index (χ3n) is 4.79. The van der Waals surface area contributed by atoms with E-state index in [0.29, 0.717) is 5.69 Å². The van der Waals surface area contributed by atoms with Gasteiger partial charge in [-0.15, -0.1) is 0 Å². The molecule has 2 aromatic rings. The maximum Gasteiger partial charge on any atom is 0.170 e. The minimum Gasteiger partial charge on any atom is -0.356 e. The molecular formula is C16H22N4O. The Morgan fingerprint density at radius 2 is 2.10 bits per heavy atom. The summed E-state index contributed by atoms with van der Waals surface area (Å²) in [7, 11) is 6.30. The molecule has 1 saturated carbocycles. The first kappa shape index (κ1) is 14.1. The number of rotatable bonds is 5. The number of pyridine rings is 1. The highest BCUT2D eigenvalue weighted by atomic mass is 16.1. The Kier molecular flexibility index (Phi) is 3.45. The lowest BCUT2D eigenvalue weighted by Crippen LogP contribution is -2.56. The molecule has 0 amide bonds. The van der Waals surface area contributed by atoms with Crippen LogP contribution in [0, 0.1) is 0 Å². The molecule has 1 aliphatic rings. The molecule has 21 heavy (non-hydrogen) atoms. The molecule has 5 heteroatoms. The van der Waals surface area contributed by atoms with E-state index in [4.69, 9.17) is 0 Å². The zero-order valence-corrected chi connectivity index (χ0v) is 12.9. The van der Waals surface area contributed by atoms with Crippen molar-refractivity contribution in [3.05, 3.63) is 30.1 Å². The molecule has 2 heterocycles. The van der Waals surface area contributed by atoms with Gasteiger partial charge in [0.25, 0.3) is 0 Å². The third kappa shape index (κ3) is 2.21. The van der Waals surface area contributed by atoms with Gasteiger partial charge < -0.3 is 9.80 Å². The SMILES string of the molecule is CN(CC1(N(C)C)CCC1)c1nc2ccccn2c1C=O. The van der Waals surface area contributed by atoms with Crippen molar-refractivity contribution in [1.29, 1.82) is 0 Å². The summed E-state index contributed by atoms with van der Waals surface area (Å²) in [6, 6.07) is 5.78. The Labute approximate surface area is 125 Å². The van der Waals surface area contributed by atoms with E-state index in [1.165, 1.54) is 19.3 Å². The van der Waals surface area contributed by atoms with E-state index in [1.807, 2.05) is 35.8 Å². The van der Waals surface area contributed by atoms with Gasteiger partial charge in [-0.3, -0.25) is 9.20 Å². The standard InChI is InChI=1S/C16H22N4O/c1-18(2)16(8-6-9-16)12-19(3)15-13(11-21)20-10-5-4-7-14(20)17-15/h4-5,7,10-11H,6,8-9,12H2,1-3H3. The molecule has 1 aliphatic carbocycles. The summed E-state index contributed by atoms with van der Waals surface area (Å²) >= 11 is 0. The van der Waals surface area contributed by atoms with Crippen molar-refractivity contribution in [3.8, 4) is 0 Å². The molecule has 3 rings (SSSR count). The fourth-order valence-corrected chi connectivity index (χ4v) is 3.24. The average Bonchev–Trinajstić information content (AvgIpc) is 2.80. The second kappa shape index (κ2) is 5.15. The van der Waals surface area contributed by atoms with Crippen LogP contribution in [0.2, 0.25) is 0 Å². The fraction of sp³-hybridized carbons (Fsp3) is 0.500. The van der Waals surface area contributed by atoms with Gasteiger partial charge in [0.2, 0.25) is 0 Å². The van der Waals surface area contributed by atoms with E-state index in [9.17, 15) is 4.79 Å². The summed E-state index contributed by atoms with van der Waals surface area (Å²) in [4.78, 5) is 20.5. The highest BCUT2D eigenvalue weighted by molar-refractivity contribution is 5.83. The van der Waals surface area contributed by atoms with Gasteiger partial charge in [0.1, 0.15) is 11.3 Å². The van der Waals surface area contributed by atoms with E-state index < -0.39 is 0 Å². The van der Waals surface area contributed by atoms with Crippen molar-refractivity contribution in [2.75, 3.05) is 32.6 Å². The maximum atomic E-state index is 11.5. The van der Waals surface area contributed by atoms with Crippen LogP contribution in [0.5, 0.6) is 0 Å². The van der Waals surface area contributed by atoms with E-state index in [2.05, 4.69) is 28.9 Å².